The van der Waals surface area contributed by atoms with E-state index < -0.39 is 6.36 Å². The van der Waals surface area contributed by atoms with Gasteiger partial charge < -0.3 is 10.2 Å². The number of hydrogen-bond donors (Lipinski definition) is 1. The van der Waals surface area contributed by atoms with Gasteiger partial charge in [0.05, 0.1) is 6.61 Å². The molecule has 0 fully saturated rings. The summed E-state index contributed by atoms with van der Waals surface area (Å²) in [6.45, 7) is 7.44. The highest BCUT2D eigenvalue weighted by Gasteiger charge is 2.28. The average Bonchev–Trinajstić information content (AvgIpc) is 2.15. The molecule has 0 atom stereocenters. The predicted molar refractivity (Wildman–Crippen MR) is 52.7 cm³/mol. The molecular weight excluding hydrogens is 209 g/mol. The van der Waals surface area contributed by atoms with Gasteiger partial charge >= 0.3 is 6.36 Å². The van der Waals surface area contributed by atoms with Crippen LogP contribution >= 0.6 is 0 Å². The third-order valence-electron chi connectivity index (χ3n) is 2.04. The molecule has 0 saturated heterocycles. The summed E-state index contributed by atoms with van der Waals surface area (Å²) in [4.78, 5) is 2.19. The van der Waals surface area contributed by atoms with Crippen molar-refractivity contribution in [2.75, 3.05) is 39.3 Å². The first kappa shape index (κ1) is 14.7. The van der Waals surface area contributed by atoms with E-state index in [4.69, 9.17) is 0 Å². The van der Waals surface area contributed by atoms with E-state index in [-0.39, 0.29) is 13.2 Å². The molecule has 92 valence electrons. The van der Waals surface area contributed by atoms with E-state index in [1.54, 1.807) is 0 Å². The molecule has 6 heteroatoms. The number of ether oxygens (including phenoxy) is 1. The maximum absolute atomic E-state index is 11.5. The quantitative estimate of drug-likeness (QED) is 0.636. The Balaban J connectivity index is 3.25. The second-order valence-electron chi connectivity index (χ2n) is 3.07. The first-order valence-electron chi connectivity index (χ1n) is 5.13. The summed E-state index contributed by atoms with van der Waals surface area (Å²) in [5.41, 5.74) is 0. The van der Waals surface area contributed by atoms with Gasteiger partial charge in [-0.15, -0.1) is 13.2 Å². The molecule has 0 heterocycles. The van der Waals surface area contributed by atoms with Gasteiger partial charge in [0, 0.05) is 19.6 Å². The maximum Gasteiger partial charge on any atom is 0.522 e. The van der Waals surface area contributed by atoms with E-state index in [1.807, 2.05) is 0 Å². The lowest BCUT2D eigenvalue weighted by Gasteiger charge is -2.18. The number of rotatable bonds is 8. The molecule has 0 amide bonds. The van der Waals surface area contributed by atoms with Crippen molar-refractivity contribution in [1.82, 2.24) is 10.2 Å². The molecule has 0 aromatic carbocycles. The normalized spacial score (nSPS) is 12.4. The topological polar surface area (TPSA) is 24.5 Å². The highest BCUT2D eigenvalue weighted by molar-refractivity contribution is 4.55. The number of alkyl halides is 3. The van der Waals surface area contributed by atoms with Crippen LogP contribution < -0.4 is 5.32 Å². The summed E-state index contributed by atoms with van der Waals surface area (Å²) < 4.78 is 38.2. The molecule has 15 heavy (non-hydrogen) atoms. The lowest BCUT2D eigenvalue weighted by molar-refractivity contribution is -0.323. The SMILES string of the molecule is CCN(CC)CCNCCOC(F)(F)F. The summed E-state index contributed by atoms with van der Waals surface area (Å²) in [7, 11) is 0. The molecule has 0 rings (SSSR count). The van der Waals surface area contributed by atoms with Crippen LogP contribution in [-0.2, 0) is 4.74 Å². The summed E-state index contributed by atoms with van der Waals surface area (Å²) in [6, 6.07) is 0. The van der Waals surface area contributed by atoms with Crippen LogP contribution in [0.2, 0.25) is 0 Å². The van der Waals surface area contributed by atoms with E-state index in [0.717, 1.165) is 19.6 Å². The molecule has 3 nitrogen and oxygen atoms in total. The number of hydrogen-bond acceptors (Lipinski definition) is 3. The number of halogens is 3. The fourth-order valence-electron chi connectivity index (χ4n) is 1.14. The number of likely N-dealkylation sites (N-methyl/N-ethyl adjacent to an activating group) is 1. The lowest BCUT2D eigenvalue weighted by atomic mass is 10.4. The van der Waals surface area contributed by atoms with Gasteiger partial charge in [-0.2, -0.15) is 0 Å². The molecule has 0 aromatic rings. The van der Waals surface area contributed by atoms with Crippen LogP contribution in [0.3, 0.4) is 0 Å². The largest absolute Gasteiger partial charge is 0.522 e. The van der Waals surface area contributed by atoms with Gasteiger partial charge in [0.2, 0.25) is 0 Å². The first-order valence-corrected chi connectivity index (χ1v) is 5.13. The molecule has 0 aromatic heterocycles. The minimum atomic E-state index is -4.51. The third kappa shape index (κ3) is 9.96. The number of nitrogens with one attached hydrogen (secondary N) is 1. The molecule has 0 aliphatic rings. The molecule has 0 aliphatic carbocycles. The predicted octanol–water partition coefficient (Wildman–Crippen LogP) is 1.45. The van der Waals surface area contributed by atoms with Crippen molar-refractivity contribution >= 4 is 0 Å². The van der Waals surface area contributed by atoms with Gasteiger partial charge in [-0.25, -0.2) is 0 Å². The highest BCUT2D eigenvalue weighted by atomic mass is 19.4. The molecule has 0 bridgehead atoms. The Morgan fingerprint density at radius 3 is 2.20 bits per heavy atom. The van der Waals surface area contributed by atoms with Crippen molar-refractivity contribution in [2.45, 2.75) is 20.2 Å². The monoisotopic (exact) mass is 228 g/mol. The average molecular weight is 228 g/mol. The zero-order valence-corrected chi connectivity index (χ0v) is 9.23. The van der Waals surface area contributed by atoms with Crippen molar-refractivity contribution in [3.63, 3.8) is 0 Å². The van der Waals surface area contributed by atoms with Crippen molar-refractivity contribution in [3.05, 3.63) is 0 Å². The van der Waals surface area contributed by atoms with Crippen LogP contribution in [0.4, 0.5) is 13.2 Å². The van der Waals surface area contributed by atoms with Gasteiger partial charge in [-0.05, 0) is 13.1 Å². The molecule has 0 spiro atoms. The van der Waals surface area contributed by atoms with Crippen LogP contribution in [0.15, 0.2) is 0 Å². The number of nitrogens with zero attached hydrogens (tertiary/aromatic N) is 1. The molecule has 0 aliphatic heterocycles. The molecule has 1 N–H and O–H groups in total. The third-order valence-corrected chi connectivity index (χ3v) is 2.04. The Morgan fingerprint density at radius 1 is 1.13 bits per heavy atom. The van der Waals surface area contributed by atoms with Gasteiger partial charge in [0.1, 0.15) is 0 Å². The fraction of sp³-hybridized carbons (Fsp3) is 1.00. The Hall–Kier alpha value is -0.330. The summed E-state index contributed by atoms with van der Waals surface area (Å²) in [5.74, 6) is 0. The molecular formula is C9H19F3N2O. The van der Waals surface area contributed by atoms with Gasteiger partial charge in [0.25, 0.3) is 0 Å². The summed E-state index contributed by atoms with van der Waals surface area (Å²) in [6.07, 6.45) is -4.51. The molecule has 0 saturated carbocycles. The van der Waals surface area contributed by atoms with E-state index in [9.17, 15) is 13.2 Å². The Morgan fingerprint density at radius 2 is 1.73 bits per heavy atom. The Bertz CT molecular complexity index is 149. The van der Waals surface area contributed by atoms with E-state index in [2.05, 4.69) is 28.8 Å². The van der Waals surface area contributed by atoms with Gasteiger partial charge in [-0.3, -0.25) is 4.74 Å². The van der Waals surface area contributed by atoms with E-state index >= 15 is 0 Å². The van der Waals surface area contributed by atoms with Crippen molar-refractivity contribution in [1.29, 1.82) is 0 Å². The second kappa shape index (κ2) is 7.90. The first-order chi connectivity index (χ1) is 6.99. The van der Waals surface area contributed by atoms with Crippen molar-refractivity contribution in [3.8, 4) is 0 Å². The Labute approximate surface area is 88.6 Å². The fourth-order valence-corrected chi connectivity index (χ4v) is 1.14. The van der Waals surface area contributed by atoms with Gasteiger partial charge in [0.15, 0.2) is 0 Å². The van der Waals surface area contributed by atoms with Crippen molar-refractivity contribution < 1.29 is 17.9 Å². The molecule has 0 radical (unpaired) electrons. The van der Waals surface area contributed by atoms with Crippen LogP contribution in [0, 0.1) is 0 Å². The van der Waals surface area contributed by atoms with E-state index in [1.165, 1.54) is 0 Å². The summed E-state index contributed by atoms with van der Waals surface area (Å²) >= 11 is 0. The maximum atomic E-state index is 11.5. The van der Waals surface area contributed by atoms with Crippen molar-refractivity contribution in [2.24, 2.45) is 0 Å². The minimum absolute atomic E-state index is 0.223. The summed E-state index contributed by atoms with van der Waals surface area (Å²) in [5, 5.41) is 2.89. The highest BCUT2D eigenvalue weighted by Crippen LogP contribution is 2.14. The smallest absolute Gasteiger partial charge is 0.313 e. The van der Waals surface area contributed by atoms with E-state index in [0.29, 0.717) is 6.54 Å². The minimum Gasteiger partial charge on any atom is -0.313 e. The van der Waals surface area contributed by atoms with Crippen LogP contribution in [-0.4, -0.2) is 50.6 Å². The van der Waals surface area contributed by atoms with Crippen LogP contribution in [0.25, 0.3) is 0 Å². The van der Waals surface area contributed by atoms with Crippen LogP contribution in [0.1, 0.15) is 13.8 Å². The zero-order chi connectivity index (χ0) is 11.7. The standard InChI is InChI=1S/C9H19F3N2O/c1-3-14(4-2)7-5-13-6-8-15-9(10,11)12/h13H,3-8H2,1-2H3. The van der Waals surface area contributed by atoms with Gasteiger partial charge in [-0.1, -0.05) is 13.8 Å². The zero-order valence-electron chi connectivity index (χ0n) is 9.23. The Kier molecular flexibility index (Phi) is 7.72. The van der Waals surface area contributed by atoms with Crippen LogP contribution in [0.5, 0.6) is 0 Å². The molecule has 0 unspecified atom stereocenters. The lowest BCUT2D eigenvalue weighted by Crippen LogP contribution is -2.33. The second-order valence-corrected chi connectivity index (χ2v) is 3.07.